The molecule has 0 spiro atoms. The van der Waals surface area contributed by atoms with Gasteiger partial charge >= 0.3 is 45.5 Å². The molecule has 0 rings (SSSR count). The van der Waals surface area contributed by atoms with E-state index in [4.69, 9.17) is 13.3 Å². The van der Waals surface area contributed by atoms with E-state index in [9.17, 15) is 0 Å². The minimum Gasteiger partial charge on any atom is -0.784 e. The summed E-state index contributed by atoms with van der Waals surface area (Å²) >= 11 is -3.11. The summed E-state index contributed by atoms with van der Waals surface area (Å²) in [5.41, 5.74) is 0. The third-order valence-corrected chi connectivity index (χ3v) is 0. The van der Waals surface area contributed by atoms with Gasteiger partial charge in [0.2, 0.25) is 0 Å². The van der Waals surface area contributed by atoms with Gasteiger partial charge in [-0.25, -0.2) is 0 Å². The predicted octanol–water partition coefficient (Wildman–Crippen LogP) is -1.38. The second kappa shape index (κ2) is 5.55. The van der Waals surface area contributed by atoms with E-state index in [1.807, 2.05) is 0 Å². The summed E-state index contributed by atoms with van der Waals surface area (Å²) in [4.78, 5) is 0. The molecule has 0 radical (unpaired) electrons. The summed E-state index contributed by atoms with van der Waals surface area (Å²) in [6.45, 7) is 0. The Labute approximate surface area is 69.1 Å². The molecule has 0 aromatic heterocycles. The van der Waals surface area contributed by atoms with Crippen molar-refractivity contribution in [1.29, 1.82) is 0 Å². The first-order chi connectivity index (χ1) is 1.73. The van der Waals surface area contributed by atoms with Gasteiger partial charge in [0.15, 0.2) is 0 Å². The molecule has 0 saturated carbocycles. The number of hydrogen-bond acceptors (Lipinski definition) is 3. The van der Waals surface area contributed by atoms with Gasteiger partial charge in [-0.05, 0) is 0 Å². The molecule has 5 heteroatoms. The average molecular weight is 168 g/mol. The third-order valence-electron chi connectivity index (χ3n) is 0. The summed E-state index contributed by atoms with van der Waals surface area (Å²) in [5.74, 6) is 0. The molecule has 0 unspecified atom stereocenters. The fraction of sp³-hybridized carbons (Fsp3) is 0. The van der Waals surface area contributed by atoms with Gasteiger partial charge in [-0.3, -0.25) is 4.21 Å². The molecule has 0 bridgehead atoms. The predicted molar refractivity (Wildman–Crippen MR) is 15.5 cm³/mol. The van der Waals surface area contributed by atoms with E-state index < -0.39 is 11.4 Å². The van der Waals surface area contributed by atoms with Crippen molar-refractivity contribution in [3.8, 4) is 0 Å². The van der Waals surface area contributed by atoms with Gasteiger partial charge in [0.1, 0.15) is 0 Å². The van der Waals surface area contributed by atoms with Crippen LogP contribution in [0.2, 0.25) is 0 Å². The SMILES string of the molecule is O=S([O-])[O-].[Sr+2]. The molecule has 0 atom stereocenters. The first kappa shape index (κ1) is 9.75. The molecule has 0 N–H and O–H groups in total. The van der Waals surface area contributed by atoms with Crippen LogP contribution in [0.15, 0.2) is 0 Å². The first-order valence-corrected chi connectivity index (χ1v) is 1.50. The smallest absolute Gasteiger partial charge is 0.784 e. The van der Waals surface area contributed by atoms with Crippen molar-refractivity contribution in [3.63, 3.8) is 0 Å². The molecular weight excluding hydrogens is 168 g/mol. The van der Waals surface area contributed by atoms with Crippen molar-refractivity contribution >= 4 is 56.8 Å². The Morgan fingerprint density at radius 1 is 1.40 bits per heavy atom. The number of rotatable bonds is 0. The molecule has 0 aliphatic carbocycles. The van der Waals surface area contributed by atoms with Crippen LogP contribution >= 0.6 is 0 Å². The maximum absolute atomic E-state index is 8.44. The zero-order chi connectivity index (χ0) is 3.58. The minimum absolute atomic E-state index is 0. The van der Waals surface area contributed by atoms with Gasteiger partial charge in [0.05, 0.1) is 0 Å². The van der Waals surface area contributed by atoms with Crippen LogP contribution in [0.4, 0.5) is 0 Å². The number of hydrogen-bond donors (Lipinski definition) is 0. The van der Waals surface area contributed by atoms with Crippen molar-refractivity contribution in [2.75, 3.05) is 0 Å². The Kier molecular flexibility index (Phi) is 10.8. The fourth-order valence-electron chi connectivity index (χ4n) is 0. The molecule has 0 aromatic rings. The summed E-state index contributed by atoms with van der Waals surface area (Å²) in [5, 5.41) is 0. The van der Waals surface area contributed by atoms with Crippen LogP contribution in [0.3, 0.4) is 0 Å². The maximum Gasteiger partial charge on any atom is 2.00 e. The van der Waals surface area contributed by atoms with Crippen molar-refractivity contribution in [2.24, 2.45) is 0 Å². The Morgan fingerprint density at radius 2 is 1.40 bits per heavy atom. The maximum atomic E-state index is 8.44. The van der Waals surface area contributed by atoms with Gasteiger partial charge in [0.25, 0.3) is 0 Å². The minimum atomic E-state index is -3.11. The molecule has 5 heavy (non-hydrogen) atoms. The van der Waals surface area contributed by atoms with Gasteiger partial charge in [-0.1, -0.05) is 0 Å². The average Bonchev–Trinajstić information content (AvgIpc) is 0.811. The van der Waals surface area contributed by atoms with Gasteiger partial charge < -0.3 is 9.11 Å². The monoisotopic (exact) mass is 168 g/mol. The van der Waals surface area contributed by atoms with Crippen LogP contribution in [0.5, 0.6) is 0 Å². The Balaban J connectivity index is 0. The molecule has 0 fully saturated rings. The standard InChI is InChI=1S/H2O3S.Sr/c1-4(2)3;/h(H2,1,2,3);/q;+2/p-2. The largest absolute Gasteiger partial charge is 2.00 e. The van der Waals surface area contributed by atoms with E-state index >= 15 is 0 Å². The Morgan fingerprint density at radius 3 is 1.40 bits per heavy atom. The van der Waals surface area contributed by atoms with Crippen molar-refractivity contribution < 1.29 is 13.3 Å². The second-order valence-electron chi connectivity index (χ2n) is 0.204. The van der Waals surface area contributed by atoms with E-state index in [1.165, 1.54) is 0 Å². The van der Waals surface area contributed by atoms with E-state index in [1.54, 1.807) is 0 Å². The van der Waals surface area contributed by atoms with Crippen LogP contribution in [-0.2, 0) is 11.4 Å². The van der Waals surface area contributed by atoms with Crippen LogP contribution < -0.4 is 0 Å². The molecular formula is O3SSr. The summed E-state index contributed by atoms with van der Waals surface area (Å²) in [7, 11) is 0. The van der Waals surface area contributed by atoms with Gasteiger partial charge in [-0.2, -0.15) is 0 Å². The molecule has 0 heterocycles. The molecule has 26 valence electrons. The summed E-state index contributed by atoms with van der Waals surface area (Å²) in [6.07, 6.45) is 0. The van der Waals surface area contributed by atoms with Gasteiger partial charge in [-0.15, -0.1) is 11.4 Å². The van der Waals surface area contributed by atoms with E-state index in [2.05, 4.69) is 0 Å². The molecule has 0 saturated heterocycles. The van der Waals surface area contributed by atoms with Crippen LogP contribution in [0.1, 0.15) is 0 Å². The van der Waals surface area contributed by atoms with Crippen LogP contribution in [0, 0.1) is 0 Å². The molecule has 0 aromatic carbocycles. The van der Waals surface area contributed by atoms with Crippen molar-refractivity contribution in [1.82, 2.24) is 0 Å². The fourth-order valence-corrected chi connectivity index (χ4v) is 0. The van der Waals surface area contributed by atoms with E-state index in [0.717, 1.165) is 0 Å². The normalized spacial score (nSPS) is 7.00. The van der Waals surface area contributed by atoms with Crippen LogP contribution in [-0.4, -0.2) is 58.8 Å². The second-order valence-corrected chi connectivity index (χ2v) is 0.612. The molecule has 3 nitrogen and oxygen atoms in total. The summed E-state index contributed by atoms with van der Waals surface area (Å²) in [6, 6.07) is 0. The quantitative estimate of drug-likeness (QED) is 0.330. The van der Waals surface area contributed by atoms with Crippen molar-refractivity contribution in [2.45, 2.75) is 0 Å². The zero-order valence-corrected chi connectivity index (χ0v) is 6.63. The molecule has 0 aliphatic rings. The zero-order valence-electron chi connectivity index (χ0n) is 2.34. The first-order valence-electron chi connectivity index (χ1n) is 0.500. The van der Waals surface area contributed by atoms with E-state index in [0.29, 0.717) is 0 Å². The molecule has 0 amide bonds. The Bertz CT molecular complexity index is 29.9. The summed E-state index contributed by atoms with van der Waals surface area (Å²) < 4.78 is 25.3. The van der Waals surface area contributed by atoms with Crippen molar-refractivity contribution in [3.05, 3.63) is 0 Å². The Hall–Kier alpha value is 1.55. The third kappa shape index (κ3) is 29.1. The molecule has 0 aliphatic heterocycles. The van der Waals surface area contributed by atoms with Gasteiger partial charge in [0, 0.05) is 0 Å². The van der Waals surface area contributed by atoms with Crippen LogP contribution in [0.25, 0.3) is 0 Å². The van der Waals surface area contributed by atoms with E-state index in [-0.39, 0.29) is 45.5 Å². The topological polar surface area (TPSA) is 63.2 Å².